The molecular weight excluding hydrogens is 286 g/mol. The lowest BCUT2D eigenvalue weighted by atomic mass is 10.1. The van der Waals surface area contributed by atoms with Crippen LogP contribution in [0, 0.1) is 10.1 Å². The molecule has 1 N–H and O–H groups in total. The van der Waals surface area contributed by atoms with Gasteiger partial charge in [-0.25, -0.2) is 5.43 Å². The predicted molar refractivity (Wildman–Crippen MR) is 81.2 cm³/mol. The molecule has 112 valence electrons. The van der Waals surface area contributed by atoms with E-state index in [0.29, 0.717) is 0 Å². The zero-order valence-electron chi connectivity index (χ0n) is 11.7. The molecule has 0 atom stereocenters. The summed E-state index contributed by atoms with van der Waals surface area (Å²) in [6.07, 6.45) is 1.47. The summed E-state index contributed by atoms with van der Waals surface area (Å²) >= 11 is 0. The first-order valence-corrected chi connectivity index (χ1v) is 6.32. The molecule has 0 saturated heterocycles. The molecule has 0 bridgehead atoms. The average Bonchev–Trinajstić information content (AvgIpc) is 2.55. The molecule has 0 aliphatic rings. The maximum absolute atomic E-state index is 12.1. The Kier molecular flexibility index (Phi) is 4.81. The highest BCUT2D eigenvalue weighted by Gasteiger charge is 2.16. The second-order valence-electron chi connectivity index (χ2n) is 4.25. The fourth-order valence-corrected chi connectivity index (χ4v) is 1.75. The number of ether oxygens (including phenoxy) is 1. The summed E-state index contributed by atoms with van der Waals surface area (Å²) in [5, 5.41) is 14.6. The number of carbonyl (C=O) groups excluding carboxylic acids is 1. The highest BCUT2D eigenvalue weighted by atomic mass is 16.6. The van der Waals surface area contributed by atoms with Crippen molar-refractivity contribution in [2.24, 2.45) is 5.10 Å². The number of hydrazone groups is 1. The van der Waals surface area contributed by atoms with Gasteiger partial charge in [0.05, 0.1) is 23.8 Å². The third-order valence-electron chi connectivity index (χ3n) is 2.82. The number of nitrogens with zero attached hydrogens (tertiary/aromatic N) is 2. The fourth-order valence-electron chi connectivity index (χ4n) is 1.75. The second kappa shape index (κ2) is 6.98. The Morgan fingerprint density at radius 1 is 1.27 bits per heavy atom. The van der Waals surface area contributed by atoms with Crippen LogP contribution in [-0.4, -0.2) is 24.2 Å². The van der Waals surface area contributed by atoms with Crippen LogP contribution in [0.15, 0.2) is 53.6 Å². The molecule has 0 aromatic heterocycles. The van der Waals surface area contributed by atoms with Crippen LogP contribution >= 0.6 is 0 Å². The minimum absolute atomic E-state index is 0.0434. The summed E-state index contributed by atoms with van der Waals surface area (Å²) in [4.78, 5) is 22.3. The van der Waals surface area contributed by atoms with Gasteiger partial charge in [0.2, 0.25) is 0 Å². The molecule has 0 radical (unpaired) electrons. The van der Waals surface area contributed by atoms with Crippen LogP contribution in [0.5, 0.6) is 5.75 Å². The second-order valence-corrected chi connectivity index (χ2v) is 4.25. The summed E-state index contributed by atoms with van der Waals surface area (Å²) in [7, 11) is 1.38. The number of nitrogens with one attached hydrogen (secondary N) is 1. The molecule has 0 unspecified atom stereocenters. The lowest BCUT2D eigenvalue weighted by molar-refractivity contribution is -0.384. The zero-order valence-corrected chi connectivity index (χ0v) is 11.7. The van der Waals surface area contributed by atoms with Crippen LogP contribution in [0.2, 0.25) is 0 Å². The average molecular weight is 299 g/mol. The van der Waals surface area contributed by atoms with Crippen molar-refractivity contribution in [3.05, 3.63) is 69.8 Å². The number of amides is 1. The van der Waals surface area contributed by atoms with Gasteiger partial charge in [0.15, 0.2) is 0 Å². The Balaban J connectivity index is 2.16. The number of nitro benzene ring substituents is 1. The van der Waals surface area contributed by atoms with Crippen LogP contribution in [-0.2, 0) is 0 Å². The molecule has 0 heterocycles. The van der Waals surface area contributed by atoms with E-state index in [1.807, 2.05) is 30.3 Å². The Labute approximate surface area is 126 Å². The van der Waals surface area contributed by atoms with Crippen molar-refractivity contribution in [3.8, 4) is 5.75 Å². The van der Waals surface area contributed by atoms with Crippen LogP contribution in [0.1, 0.15) is 15.9 Å². The number of hydrogen-bond acceptors (Lipinski definition) is 5. The molecule has 0 aliphatic heterocycles. The van der Waals surface area contributed by atoms with Crippen LogP contribution < -0.4 is 10.2 Å². The first kappa shape index (κ1) is 15.2. The number of rotatable bonds is 5. The Morgan fingerprint density at radius 3 is 2.64 bits per heavy atom. The summed E-state index contributed by atoms with van der Waals surface area (Å²) in [5.74, 6) is -0.356. The van der Waals surface area contributed by atoms with Gasteiger partial charge in [0.1, 0.15) is 5.75 Å². The van der Waals surface area contributed by atoms with E-state index in [-0.39, 0.29) is 17.0 Å². The van der Waals surface area contributed by atoms with Gasteiger partial charge < -0.3 is 4.74 Å². The standard InChI is InChI=1S/C15H13N3O4/c1-22-14-8-7-12(18(20)21)9-13(14)15(19)17-16-10-11-5-3-2-4-6-11/h2-10H,1H3,(H,17,19)/b16-10-. The van der Waals surface area contributed by atoms with Crippen molar-refractivity contribution in [2.45, 2.75) is 0 Å². The summed E-state index contributed by atoms with van der Waals surface area (Å²) < 4.78 is 5.03. The van der Waals surface area contributed by atoms with Gasteiger partial charge in [0.25, 0.3) is 11.6 Å². The van der Waals surface area contributed by atoms with E-state index < -0.39 is 10.8 Å². The van der Waals surface area contributed by atoms with Crippen molar-refractivity contribution >= 4 is 17.8 Å². The smallest absolute Gasteiger partial charge is 0.275 e. The summed E-state index contributed by atoms with van der Waals surface area (Å²) in [6, 6.07) is 13.0. The van der Waals surface area contributed by atoms with Crippen molar-refractivity contribution < 1.29 is 14.5 Å². The van der Waals surface area contributed by atoms with Gasteiger partial charge in [0, 0.05) is 12.1 Å². The van der Waals surface area contributed by atoms with Gasteiger partial charge in [-0.2, -0.15) is 5.10 Å². The molecule has 0 saturated carbocycles. The van der Waals surface area contributed by atoms with Crippen molar-refractivity contribution in [2.75, 3.05) is 7.11 Å². The minimum atomic E-state index is -0.590. The molecular formula is C15H13N3O4. The lowest BCUT2D eigenvalue weighted by Gasteiger charge is -2.06. The van der Waals surface area contributed by atoms with Gasteiger partial charge >= 0.3 is 0 Å². The minimum Gasteiger partial charge on any atom is -0.496 e. The van der Waals surface area contributed by atoms with Crippen LogP contribution in [0.25, 0.3) is 0 Å². The molecule has 7 nitrogen and oxygen atoms in total. The third kappa shape index (κ3) is 3.66. The number of hydrogen-bond donors (Lipinski definition) is 1. The molecule has 7 heteroatoms. The SMILES string of the molecule is COc1ccc([N+](=O)[O-])cc1C(=O)N/N=C\c1ccccc1. The quantitative estimate of drug-likeness (QED) is 0.521. The maximum atomic E-state index is 12.1. The van der Waals surface area contributed by atoms with E-state index in [9.17, 15) is 14.9 Å². The number of carbonyl (C=O) groups is 1. The highest BCUT2D eigenvalue weighted by molar-refractivity contribution is 5.98. The molecule has 2 aromatic carbocycles. The third-order valence-corrected chi connectivity index (χ3v) is 2.82. The van der Waals surface area contributed by atoms with Crippen LogP contribution in [0.3, 0.4) is 0 Å². The van der Waals surface area contributed by atoms with Crippen molar-refractivity contribution in [1.82, 2.24) is 5.43 Å². The molecule has 22 heavy (non-hydrogen) atoms. The van der Waals surface area contributed by atoms with Gasteiger partial charge in [-0.15, -0.1) is 0 Å². The van der Waals surface area contributed by atoms with Crippen LogP contribution in [0.4, 0.5) is 5.69 Å². The normalized spacial score (nSPS) is 10.4. The van der Waals surface area contributed by atoms with E-state index in [1.165, 1.54) is 25.5 Å². The van der Waals surface area contributed by atoms with E-state index in [2.05, 4.69) is 10.5 Å². The van der Waals surface area contributed by atoms with Gasteiger partial charge in [-0.3, -0.25) is 14.9 Å². The molecule has 2 aromatic rings. The van der Waals surface area contributed by atoms with E-state index in [0.717, 1.165) is 11.6 Å². The van der Waals surface area contributed by atoms with Gasteiger partial charge in [-0.1, -0.05) is 30.3 Å². The van der Waals surface area contributed by atoms with Crippen molar-refractivity contribution in [3.63, 3.8) is 0 Å². The monoisotopic (exact) mass is 299 g/mol. The Hall–Kier alpha value is -3.22. The predicted octanol–water partition coefficient (Wildman–Crippen LogP) is 2.37. The van der Waals surface area contributed by atoms with Crippen molar-refractivity contribution in [1.29, 1.82) is 0 Å². The molecule has 0 fully saturated rings. The largest absolute Gasteiger partial charge is 0.496 e. The Bertz CT molecular complexity index is 714. The maximum Gasteiger partial charge on any atom is 0.275 e. The summed E-state index contributed by atoms with van der Waals surface area (Å²) in [6.45, 7) is 0. The van der Waals surface area contributed by atoms with E-state index in [1.54, 1.807) is 0 Å². The first-order chi connectivity index (χ1) is 10.6. The number of methoxy groups -OCH3 is 1. The lowest BCUT2D eigenvalue weighted by Crippen LogP contribution is -2.18. The molecule has 2 rings (SSSR count). The first-order valence-electron chi connectivity index (χ1n) is 6.32. The molecule has 1 amide bonds. The topological polar surface area (TPSA) is 93.8 Å². The number of nitro groups is 1. The molecule has 0 spiro atoms. The molecule has 0 aliphatic carbocycles. The fraction of sp³-hybridized carbons (Fsp3) is 0.0667. The Morgan fingerprint density at radius 2 is 2.00 bits per heavy atom. The number of non-ortho nitro benzene ring substituents is 1. The van der Waals surface area contributed by atoms with E-state index >= 15 is 0 Å². The van der Waals surface area contributed by atoms with Gasteiger partial charge in [-0.05, 0) is 11.6 Å². The highest BCUT2D eigenvalue weighted by Crippen LogP contribution is 2.23. The summed E-state index contributed by atoms with van der Waals surface area (Å²) in [5.41, 5.74) is 2.98. The zero-order chi connectivity index (χ0) is 15.9. The van der Waals surface area contributed by atoms with E-state index in [4.69, 9.17) is 4.74 Å². The number of benzene rings is 2.